The van der Waals surface area contributed by atoms with E-state index in [1.165, 1.54) is 334 Å². The molecule has 69 heavy (non-hydrogen) atoms. The summed E-state index contributed by atoms with van der Waals surface area (Å²) in [6.45, 7) is 5.64. The van der Waals surface area contributed by atoms with Crippen molar-refractivity contribution in [2.45, 2.75) is 393 Å². The van der Waals surface area contributed by atoms with Gasteiger partial charge in [-0.1, -0.05) is 361 Å². The van der Waals surface area contributed by atoms with Gasteiger partial charge in [0.1, 0.15) is 0 Å². The van der Waals surface area contributed by atoms with Crippen LogP contribution in [0.1, 0.15) is 393 Å². The predicted octanol–water partition coefficient (Wildman–Crippen LogP) is 23.1. The van der Waals surface area contributed by atoms with Crippen LogP contribution < -0.4 is 0 Å². The standard InChI is InChI=1S/C65H128O4/c1-3-5-7-9-11-13-15-17-19-21-23-25-27-29-31-33-35-37-39-41-43-45-47-49-51-53-55-57-62-68-64(66)60-59-61-65(67)69-63-58-56-54-52-50-48-46-44-42-40-38-36-34-32-30-28-26-24-22-20-18-16-14-12-10-8-6-4-2/h3-63H2,1-2H3. The molecule has 0 unspecified atom stereocenters. The Hall–Kier alpha value is -1.06. The molecule has 0 rings (SSSR count). The first kappa shape index (κ1) is 67.9. The van der Waals surface area contributed by atoms with Gasteiger partial charge < -0.3 is 9.47 Å². The highest BCUT2D eigenvalue weighted by Gasteiger charge is 2.08. The van der Waals surface area contributed by atoms with Crippen LogP contribution in [0.15, 0.2) is 0 Å². The molecule has 0 aromatic carbocycles. The van der Waals surface area contributed by atoms with Gasteiger partial charge in [-0.3, -0.25) is 9.59 Å². The third kappa shape index (κ3) is 63.0. The lowest BCUT2D eigenvalue weighted by atomic mass is 10.0. The molecule has 0 aromatic heterocycles. The van der Waals surface area contributed by atoms with Gasteiger partial charge in [0.25, 0.3) is 0 Å². The maximum atomic E-state index is 12.1. The van der Waals surface area contributed by atoms with Crippen molar-refractivity contribution >= 4 is 11.9 Å². The molecule has 4 nitrogen and oxygen atoms in total. The SMILES string of the molecule is CCCCCCCCCCCCCCCCCCCCCCCCCCCCCCOC(=O)CCCC(=O)OCCCCCCCCCCCCCCCCCCCCCCCCCCCCCC. The second-order valence-electron chi connectivity index (χ2n) is 22.4. The van der Waals surface area contributed by atoms with E-state index in [1.54, 1.807) is 0 Å². The number of hydrogen-bond acceptors (Lipinski definition) is 4. The van der Waals surface area contributed by atoms with E-state index in [-0.39, 0.29) is 11.9 Å². The van der Waals surface area contributed by atoms with Crippen molar-refractivity contribution in [3.8, 4) is 0 Å². The van der Waals surface area contributed by atoms with E-state index in [0.29, 0.717) is 32.5 Å². The Morgan fingerprint density at radius 2 is 0.319 bits per heavy atom. The van der Waals surface area contributed by atoms with Crippen molar-refractivity contribution in [3.05, 3.63) is 0 Å². The third-order valence-corrected chi connectivity index (χ3v) is 15.3. The lowest BCUT2D eigenvalue weighted by Gasteiger charge is -2.06. The molecule has 0 aliphatic carbocycles. The minimum absolute atomic E-state index is 0.173. The monoisotopic (exact) mass is 973 g/mol. The summed E-state index contributed by atoms with van der Waals surface area (Å²) < 4.78 is 10.8. The number of esters is 2. The first-order valence-electron chi connectivity index (χ1n) is 32.5. The summed E-state index contributed by atoms with van der Waals surface area (Å²) in [7, 11) is 0. The van der Waals surface area contributed by atoms with E-state index < -0.39 is 0 Å². The molecule has 0 fully saturated rings. The predicted molar refractivity (Wildman–Crippen MR) is 306 cm³/mol. The van der Waals surface area contributed by atoms with Crippen LogP contribution in [0.3, 0.4) is 0 Å². The summed E-state index contributed by atoms with van der Waals surface area (Å²) in [5.41, 5.74) is 0. The van der Waals surface area contributed by atoms with E-state index in [0.717, 1.165) is 25.7 Å². The molecule has 0 aliphatic heterocycles. The van der Waals surface area contributed by atoms with Gasteiger partial charge in [-0.25, -0.2) is 0 Å². The highest BCUT2D eigenvalue weighted by molar-refractivity contribution is 5.72. The van der Waals surface area contributed by atoms with Crippen molar-refractivity contribution in [2.24, 2.45) is 0 Å². The van der Waals surface area contributed by atoms with E-state index in [9.17, 15) is 9.59 Å². The number of hydrogen-bond donors (Lipinski definition) is 0. The van der Waals surface area contributed by atoms with Gasteiger partial charge in [-0.05, 0) is 19.3 Å². The molecule has 0 aromatic rings. The van der Waals surface area contributed by atoms with Crippen LogP contribution in [-0.4, -0.2) is 25.2 Å². The van der Waals surface area contributed by atoms with Gasteiger partial charge in [-0.2, -0.15) is 0 Å². The van der Waals surface area contributed by atoms with Gasteiger partial charge in [-0.15, -0.1) is 0 Å². The third-order valence-electron chi connectivity index (χ3n) is 15.3. The molecule has 4 heteroatoms. The lowest BCUT2D eigenvalue weighted by Crippen LogP contribution is -2.09. The average molecular weight is 974 g/mol. The molecule has 0 spiro atoms. The van der Waals surface area contributed by atoms with Gasteiger partial charge in [0.2, 0.25) is 0 Å². The maximum absolute atomic E-state index is 12.1. The number of carbonyl (C=O) groups excluding carboxylic acids is 2. The van der Waals surface area contributed by atoms with E-state index >= 15 is 0 Å². The zero-order valence-corrected chi connectivity index (χ0v) is 47.8. The smallest absolute Gasteiger partial charge is 0.305 e. The molecule has 0 saturated heterocycles. The molecule has 0 amide bonds. The number of unbranched alkanes of at least 4 members (excludes halogenated alkanes) is 54. The topological polar surface area (TPSA) is 52.6 Å². The molecule has 0 atom stereocenters. The van der Waals surface area contributed by atoms with Crippen molar-refractivity contribution in [1.82, 2.24) is 0 Å². The summed E-state index contributed by atoms with van der Waals surface area (Å²) in [6, 6.07) is 0. The molecular formula is C65H128O4. The second-order valence-corrected chi connectivity index (χ2v) is 22.4. The Bertz CT molecular complexity index is 874. The van der Waals surface area contributed by atoms with Crippen LogP contribution in [-0.2, 0) is 19.1 Å². The van der Waals surface area contributed by atoms with Crippen LogP contribution in [0.25, 0.3) is 0 Å². The highest BCUT2D eigenvalue weighted by Crippen LogP contribution is 2.19. The Balaban J connectivity index is 3.22. The van der Waals surface area contributed by atoms with E-state index in [4.69, 9.17) is 9.47 Å². The van der Waals surface area contributed by atoms with Crippen molar-refractivity contribution in [3.63, 3.8) is 0 Å². The maximum Gasteiger partial charge on any atom is 0.305 e. The second kappa shape index (κ2) is 63.1. The number of ether oxygens (including phenoxy) is 2. The zero-order valence-electron chi connectivity index (χ0n) is 47.8. The first-order valence-corrected chi connectivity index (χ1v) is 32.5. The summed E-state index contributed by atoms with van der Waals surface area (Å²) in [4.78, 5) is 24.2. The number of carbonyl (C=O) groups is 2. The van der Waals surface area contributed by atoms with Gasteiger partial charge in [0, 0.05) is 12.8 Å². The fraction of sp³-hybridized carbons (Fsp3) is 0.969. The van der Waals surface area contributed by atoms with Crippen LogP contribution >= 0.6 is 0 Å². The van der Waals surface area contributed by atoms with Crippen LogP contribution in [0.5, 0.6) is 0 Å². The Morgan fingerprint density at radius 1 is 0.188 bits per heavy atom. The quantitative estimate of drug-likeness (QED) is 0.0450. The fourth-order valence-electron chi connectivity index (χ4n) is 10.4. The lowest BCUT2D eigenvalue weighted by molar-refractivity contribution is -0.145. The average Bonchev–Trinajstić information content (AvgIpc) is 3.35. The van der Waals surface area contributed by atoms with Crippen LogP contribution in [0.2, 0.25) is 0 Å². The summed E-state index contributed by atoms with van der Waals surface area (Å²) in [5, 5.41) is 0. The number of rotatable bonds is 62. The van der Waals surface area contributed by atoms with Crippen LogP contribution in [0, 0.1) is 0 Å². The molecule has 0 N–H and O–H groups in total. The van der Waals surface area contributed by atoms with Gasteiger partial charge >= 0.3 is 11.9 Å². The zero-order chi connectivity index (χ0) is 49.7. The van der Waals surface area contributed by atoms with Crippen molar-refractivity contribution in [2.75, 3.05) is 13.2 Å². The summed E-state index contributed by atoms with van der Waals surface area (Å²) in [5.74, 6) is -0.345. The van der Waals surface area contributed by atoms with Crippen LogP contribution in [0.4, 0.5) is 0 Å². The van der Waals surface area contributed by atoms with E-state index in [1.807, 2.05) is 0 Å². The molecule has 0 saturated carbocycles. The highest BCUT2D eigenvalue weighted by atomic mass is 16.5. The van der Waals surface area contributed by atoms with E-state index in [2.05, 4.69) is 13.8 Å². The Kier molecular flexibility index (Phi) is 62.1. The van der Waals surface area contributed by atoms with Crippen molar-refractivity contribution in [1.29, 1.82) is 0 Å². The molecule has 0 bridgehead atoms. The molecule has 0 heterocycles. The van der Waals surface area contributed by atoms with Gasteiger partial charge in [0.15, 0.2) is 0 Å². The minimum Gasteiger partial charge on any atom is -0.466 e. The minimum atomic E-state index is -0.173. The molecule has 412 valence electrons. The molecule has 0 aliphatic rings. The largest absolute Gasteiger partial charge is 0.466 e. The molecular weight excluding hydrogens is 845 g/mol. The molecule has 0 radical (unpaired) electrons. The van der Waals surface area contributed by atoms with Gasteiger partial charge in [0.05, 0.1) is 13.2 Å². The Labute approximate surface area is 435 Å². The summed E-state index contributed by atoms with van der Waals surface area (Å²) >= 11 is 0. The van der Waals surface area contributed by atoms with Crippen molar-refractivity contribution < 1.29 is 19.1 Å². The Morgan fingerprint density at radius 3 is 0.464 bits per heavy atom. The first-order chi connectivity index (χ1) is 34.2. The fourth-order valence-corrected chi connectivity index (χ4v) is 10.4. The normalized spacial score (nSPS) is 11.5. The summed E-state index contributed by atoms with van der Waals surface area (Å²) in [6.07, 6.45) is 79.5.